The summed E-state index contributed by atoms with van der Waals surface area (Å²) in [4.78, 5) is 36.3. The van der Waals surface area contributed by atoms with Gasteiger partial charge in [-0.25, -0.2) is 10.2 Å². The number of hydrazone groups is 1. The van der Waals surface area contributed by atoms with Gasteiger partial charge in [-0.2, -0.15) is 5.10 Å². The third-order valence-corrected chi connectivity index (χ3v) is 4.87. The summed E-state index contributed by atoms with van der Waals surface area (Å²) in [5.74, 6) is -2.25. The Hall–Kier alpha value is -3.68. The van der Waals surface area contributed by atoms with Crippen LogP contribution in [-0.4, -0.2) is 24.0 Å². The first-order valence-corrected chi connectivity index (χ1v) is 10.1. The van der Waals surface area contributed by atoms with Gasteiger partial charge >= 0.3 is 17.8 Å². The Balaban J connectivity index is 1.62. The number of hydrogen-bond acceptors (Lipinski definition) is 5. The van der Waals surface area contributed by atoms with Gasteiger partial charge in [-0.1, -0.05) is 41.4 Å². The van der Waals surface area contributed by atoms with Gasteiger partial charge < -0.3 is 10.1 Å². The molecule has 3 aromatic carbocycles. The first-order valence-electron chi connectivity index (χ1n) is 9.31. The Morgan fingerprint density at radius 1 is 0.938 bits per heavy atom. The molecule has 2 N–H and O–H groups in total. The summed E-state index contributed by atoms with van der Waals surface area (Å²) in [6.45, 7) is 1.82. The van der Waals surface area contributed by atoms with Gasteiger partial charge in [0.05, 0.1) is 11.8 Å². The summed E-state index contributed by atoms with van der Waals surface area (Å²) >= 11 is 11.8. The zero-order valence-corrected chi connectivity index (χ0v) is 18.3. The highest BCUT2D eigenvalue weighted by atomic mass is 35.5. The van der Waals surface area contributed by atoms with Crippen molar-refractivity contribution in [2.75, 3.05) is 5.32 Å². The highest BCUT2D eigenvalue weighted by molar-refractivity contribution is 6.40. The van der Waals surface area contributed by atoms with E-state index >= 15 is 0 Å². The van der Waals surface area contributed by atoms with Crippen molar-refractivity contribution in [1.82, 2.24) is 5.43 Å². The molecule has 0 aliphatic heterocycles. The second-order valence-electron chi connectivity index (χ2n) is 6.55. The minimum atomic E-state index is -0.978. The number of amides is 2. The van der Waals surface area contributed by atoms with Gasteiger partial charge in [0.15, 0.2) is 0 Å². The zero-order chi connectivity index (χ0) is 23.1. The lowest BCUT2D eigenvalue weighted by atomic mass is 10.2. The van der Waals surface area contributed by atoms with Crippen LogP contribution < -0.4 is 15.5 Å². The summed E-state index contributed by atoms with van der Waals surface area (Å²) in [7, 11) is 0. The molecule has 7 nitrogen and oxygen atoms in total. The number of rotatable bonds is 5. The number of aryl methyl sites for hydroxylation is 1. The first kappa shape index (κ1) is 23.0. The molecule has 0 heterocycles. The molecule has 162 valence electrons. The van der Waals surface area contributed by atoms with E-state index in [-0.39, 0.29) is 5.75 Å². The van der Waals surface area contributed by atoms with Crippen LogP contribution in [0.3, 0.4) is 0 Å². The number of halogens is 2. The highest BCUT2D eigenvalue weighted by Crippen LogP contribution is 2.20. The first-order chi connectivity index (χ1) is 15.3. The van der Waals surface area contributed by atoms with Crippen LogP contribution >= 0.6 is 23.2 Å². The average molecular weight is 470 g/mol. The van der Waals surface area contributed by atoms with Crippen molar-refractivity contribution < 1.29 is 19.1 Å². The molecule has 0 bridgehead atoms. The summed E-state index contributed by atoms with van der Waals surface area (Å²) in [6.07, 6.45) is 1.26. The van der Waals surface area contributed by atoms with Gasteiger partial charge in [0.1, 0.15) is 5.75 Å². The molecule has 0 spiro atoms. The van der Waals surface area contributed by atoms with E-state index in [9.17, 15) is 14.4 Å². The number of carbonyl (C=O) groups excluding carboxylic acids is 3. The summed E-state index contributed by atoms with van der Waals surface area (Å²) < 4.78 is 5.40. The van der Waals surface area contributed by atoms with E-state index in [0.717, 1.165) is 5.56 Å². The lowest BCUT2D eigenvalue weighted by Gasteiger charge is -2.07. The molecule has 0 radical (unpaired) electrons. The lowest BCUT2D eigenvalue weighted by Crippen LogP contribution is -2.32. The minimum Gasteiger partial charge on any atom is -0.422 e. The van der Waals surface area contributed by atoms with E-state index in [1.54, 1.807) is 60.7 Å². The van der Waals surface area contributed by atoms with Crippen LogP contribution in [-0.2, 0) is 9.59 Å². The van der Waals surface area contributed by atoms with Crippen LogP contribution in [0.15, 0.2) is 71.8 Å². The summed E-state index contributed by atoms with van der Waals surface area (Å²) in [5, 5.41) is 7.16. The second-order valence-corrected chi connectivity index (χ2v) is 7.40. The number of hydrogen-bond donors (Lipinski definition) is 2. The molecule has 3 rings (SSSR count). The molecule has 0 saturated heterocycles. The van der Waals surface area contributed by atoms with Crippen molar-refractivity contribution >= 4 is 52.9 Å². The van der Waals surface area contributed by atoms with Gasteiger partial charge in [0, 0.05) is 21.3 Å². The fourth-order valence-electron chi connectivity index (χ4n) is 2.49. The maximum atomic E-state index is 12.3. The smallest absolute Gasteiger partial charge is 0.343 e. The summed E-state index contributed by atoms with van der Waals surface area (Å²) in [6, 6.07) is 17.7. The molecule has 2 amide bonds. The third-order valence-electron chi connectivity index (χ3n) is 4.21. The van der Waals surface area contributed by atoms with Gasteiger partial charge in [-0.05, 0) is 61.0 Å². The van der Waals surface area contributed by atoms with Crippen LogP contribution in [0.25, 0.3) is 0 Å². The van der Waals surface area contributed by atoms with Crippen molar-refractivity contribution in [2.24, 2.45) is 5.10 Å². The van der Waals surface area contributed by atoms with Crippen LogP contribution in [0.4, 0.5) is 5.69 Å². The van der Waals surface area contributed by atoms with Crippen molar-refractivity contribution in [3.8, 4) is 5.75 Å². The second kappa shape index (κ2) is 10.6. The van der Waals surface area contributed by atoms with Crippen molar-refractivity contribution in [3.05, 3.63) is 93.5 Å². The van der Waals surface area contributed by atoms with E-state index in [1.165, 1.54) is 12.3 Å². The number of nitrogens with zero attached hydrogens (tertiary/aromatic N) is 1. The topological polar surface area (TPSA) is 96.9 Å². The lowest BCUT2D eigenvalue weighted by molar-refractivity contribution is -0.136. The average Bonchev–Trinajstić information content (AvgIpc) is 2.77. The van der Waals surface area contributed by atoms with Gasteiger partial charge in [-0.3, -0.25) is 9.59 Å². The quantitative estimate of drug-likeness (QED) is 0.187. The molecule has 0 aromatic heterocycles. The molecule has 32 heavy (non-hydrogen) atoms. The Labute approximate surface area is 194 Å². The van der Waals surface area contributed by atoms with Gasteiger partial charge in [0.25, 0.3) is 0 Å². The Morgan fingerprint density at radius 3 is 2.38 bits per heavy atom. The van der Waals surface area contributed by atoms with Crippen LogP contribution in [0, 0.1) is 6.92 Å². The molecule has 9 heteroatoms. The molecule has 0 aliphatic rings. The molecule has 0 unspecified atom stereocenters. The number of carbonyl (C=O) groups is 3. The third kappa shape index (κ3) is 6.16. The Morgan fingerprint density at radius 2 is 1.66 bits per heavy atom. The van der Waals surface area contributed by atoms with Gasteiger partial charge in [0.2, 0.25) is 0 Å². The number of benzene rings is 3. The van der Waals surface area contributed by atoms with Crippen LogP contribution in [0.2, 0.25) is 10.0 Å². The number of ether oxygens (including phenoxy) is 1. The Kier molecular flexibility index (Phi) is 7.59. The zero-order valence-electron chi connectivity index (χ0n) is 16.8. The molecular weight excluding hydrogens is 453 g/mol. The van der Waals surface area contributed by atoms with Crippen molar-refractivity contribution in [3.63, 3.8) is 0 Å². The predicted molar refractivity (Wildman–Crippen MR) is 123 cm³/mol. The maximum Gasteiger partial charge on any atom is 0.343 e. The molecule has 3 aromatic rings. The van der Waals surface area contributed by atoms with E-state index in [4.69, 9.17) is 27.9 Å². The largest absolute Gasteiger partial charge is 0.422 e. The van der Waals surface area contributed by atoms with E-state index in [2.05, 4.69) is 15.8 Å². The molecule has 0 fully saturated rings. The van der Waals surface area contributed by atoms with Crippen molar-refractivity contribution in [2.45, 2.75) is 6.92 Å². The Bertz CT molecular complexity index is 1190. The van der Waals surface area contributed by atoms with E-state index < -0.39 is 17.8 Å². The number of nitrogens with one attached hydrogen (secondary N) is 2. The van der Waals surface area contributed by atoms with E-state index in [1.807, 2.05) is 6.92 Å². The number of esters is 1. The standard InChI is InChI=1S/C23H17Cl2N3O4/c1-14-6-11-18(12-19(14)25)27-21(29)22(30)28-26-13-16-4-2-3-5-20(16)32-23(31)15-7-9-17(24)10-8-15/h2-13H,1H3,(H,27,29)(H,28,30)/b26-13-. The predicted octanol–water partition coefficient (Wildman–Crippen LogP) is 4.61. The summed E-state index contributed by atoms with van der Waals surface area (Å²) in [5.41, 5.74) is 4.09. The molecule has 0 aliphatic carbocycles. The fourth-order valence-corrected chi connectivity index (χ4v) is 2.80. The number of para-hydroxylation sites is 1. The van der Waals surface area contributed by atoms with E-state index in [0.29, 0.717) is 26.9 Å². The number of anilines is 1. The molecule has 0 atom stereocenters. The maximum absolute atomic E-state index is 12.3. The van der Waals surface area contributed by atoms with Crippen LogP contribution in [0.1, 0.15) is 21.5 Å². The highest BCUT2D eigenvalue weighted by Gasteiger charge is 2.14. The minimum absolute atomic E-state index is 0.226. The monoisotopic (exact) mass is 469 g/mol. The SMILES string of the molecule is Cc1ccc(NC(=O)C(=O)N/N=C\c2ccccc2OC(=O)c2ccc(Cl)cc2)cc1Cl. The fraction of sp³-hybridized carbons (Fsp3) is 0.0435. The van der Waals surface area contributed by atoms with Crippen LogP contribution in [0.5, 0.6) is 5.75 Å². The van der Waals surface area contributed by atoms with Crippen molar-refractivity contribution in [1.29, 1.82) is 0 Å². The molecular formula is C23H17Cl2N3O4. The normalized spacial score (nSPS) is 10.6. The molecule has 0 saturated carbocycles. The van der Waals surface area contributed by atoms with Gasteiger partial charge in [-0.15, -0.1) is 0 Å².